The second kappa shape index (κ2) is 7.38. The second-order valence-corrected chi connectivity index (χ2v) is 7.77. The zero-order valence-electron chi connectivity index (χ0n) is 13.4. The van der Waals surface area contributed by atoms with Crippen molar-refractivity contribution in [2.24, 2.45) is 0 Å². The SMILES string of the molecule is Fc1ccc2[nH]c(Sc3ccccc3)c(CSc3ccccc3)c2c1. The fourth-order valence-corrected chi connectivity index (χ4v) is 4.75. The highest BCUT2D eigenvalue weighted by atomic mass is 32.2. The van der Waals surface area contributed by atoms with E-state index < -0.39 is 0 Å². The van der Waals surface area contributed by atoms with Crippen LogP contribution in [0.4, 0.5) is 4.39 Å². The Balaban J connectivity index is 1.70. The molecule has 0 spiro atoms. The number of hydrogen-bond donors (Lipinski definition) is 1. The highest BCUT2D eigenvalue weighted by Gasteiger charge is 2.14. The number of aromatic nitrogens is 1. The van der Waals surface area contributed by atoms with Gasteiger partial charge in [0.1, 0.15) is 5.82 Å². The molecule has 0 bridgehead atoms. The lowest BCUT2D eigenvalue weighted by molar-refractivity contribution is 0.629. The third kappa shape index (κ3) is 3.75. The number of nitrogens with one attached hydrogen (secondary N) is 1. The summed E-state index contributed by atoms with van der Waals surface area (Å²) in [6.07, 6.45) is 0. The Morgan fingerprint density at radius 2 is 1.48 bits per heavy atom. The highest BCUT2D eigenvalue weighted by Crippen LogP contribution is 2.37. The van der Waals surface area contributed by atoms with Gasteiger partial charge < -0.3 is 4.98 Å². The molecule has 124 valence electrons. The second-order valence-electron chi connectivity index (χ2n) is 5.64. The van der Waals surface area contributed by atoms with E-state index in [9.17, 15) is 4.39 Å². The van der Waals surface area contributed by atoms with Crippen molar-refractivity contribution in [2.45, 2.75) is 20.6 Å². The van der Waals surface area contributed by atoms with Crippen LogP contribution in [0.25, 0.3) is 10.9 Å². The minimum atomic E-state index is -0.200. The van der Waals surface area contributed by atoms with Crippen molar-refractivity contribution in [3.8, 4) is 0 Å². The Morgan fingerprint density at radius 1 is 0.800 bits per heavy atom. The van der Waals surface area contributed by atoms with Crippen molar-refractivity contribution in [3.05, 3.63) is 90.2 Å². The summed E-state index contributed by atoms with van der Waals surface area (Å²) in [5, 5.41) is 2.04. The maximum absolute atomic E-state index is 13.8. The van der Waals surface area contributed by atoms with Gasteiger partial charge in [0.25, 0.3) is 0 Å². The molecule has 4 aromatic rings. The molecule has 0 amide bonds. The molecular formula is C21H16FNS2. The lowest BCUT2D eigenvalue weighted by Crippen LogP contribution is -1.84. The molecule has 1 N–H and O–H groups in total. The van der Waals surface area contributed by atoms with Crippen LogP contribution >= 0.6 is 23.5 Å². The van der Waals surface area contributed by atoms with E-state index in [-0.39, 0.29) is 5.82 Å². The minimum absolute atomic E-state index is 0.200. The van der Waals surface area contributed by atoms with E-state index >= 15 is 0 Å². The van der Waals surface area contributed by atoms with Gasteiger partial charge in [-0.3, -0.25) is 0 Å². The Morgan fingerprint density at radius 3 is 2.20 bits per heavy atom. The molecule has 0 saturated heterocycles. The zero-order chi connectivity index (χ0) is 17.1. The van der Waals surface area contributed by atoms with Gasteiger partial charge >= 0.3 is 0 Å². The first-order chi connectivity index (χ1) is 12.3. The van der Waals surface area contributed by atoms with Gasteiger partial charge in [-0.2, -0.15) is 0 Å². The largest absolute Gasteiger partial charge is 0.349 e. The molecule has 1 heterocycles. The summed E-state index contributed by atoms with van der Waals surface area (Å²) in [5.74, 6) is 0.594. The van der Waals surface area contributed by atoms with Crippen molar-refractivity contribution in [1.29, 1.82) is 0 Å². The number of aromatic amines is 1. The standard InChI is InChI=1S/C21H16FNS2/c22-15-11-12-20-18(13-15)19(14-24-16-7-3-1-4-8-16)21(23-20)25-17-9-5-2-6-10-17/h1-13,23H,14H2. The van der Waals surface area contributed by atoms with Gasteiger partial charge in [-0.1, -0.05) is 48.2 Å². The number of rotatable bonds is 5. The van der Waals surface area contributed by atoms with E-state index in [2.05, 4.69) is 29.2 Å². The van der Waals surface area contributed by atoms with Crippen molar-refractivity contribution in [2.75, 3.05) is 0 Å². The Bertz CT molecular complexity index is 981. The predicted octanol–water partition coefficient (Wildman–Crippen LogP) is 6.75. The third-order valence-electron chi connectivity index (χ3n) is 3.92. The number of fused-ring (bicyclic) bond motifs is 1. The molecule has 0 aliphatic rings. The summed E-state index contributed by atoms with van der Waals surface area (Å²) in [6.45, 7) is 0. The molecule has 0 atom stereocenters. The number of halogens is 1. The Labute approximate surface area is 154 Å². The first kappa shape index (κ1) is 16.3. The van der Waals surface area contributed by atoms with E-state index in [1.165, 1.54) is 15.9 Å². The minimum Gasteiger partial charge on any atom is -0.349 e. The monoisotopic (exact) mass is 365 g/mol. The summed E-state index contributed by atoms with van der Waals surface area (Å²) >= 11 is 3.46. The van der Waals surface area contributed by atoms with Crippen molar-refractivity contribution >= 4 is 34.4 Å². The summed E-state index contributed by atoms with van der Waals surface area (Å²) in [5.41, 5.74) is 2.13. The number of thioether (sulfide) groups is 1. The molecule has 0 radical (unpaired) electrons. The molecule has 0 unspecified atom stereocenters. The van der Waals surface area contributed by atoms with E-state index in [4.69, 9.17) is 0 Å². The fourth-order valence-electron chi connectivity index (χ4n) is 2.70. The van der Waals surface area contributed by atoms with Crippen LogP contribution in [-0.4, -0.2) is 4.98 Å². The fraction of sp³-hybridized carbons (Fsp3) is 0.0476. The van der Waals surface area contributed by atoms with Gasteiger partial charge in [0.15, 0.2) is 0 Å². The van der Waals surface area contributed by atoms with E-state index in [0.29, 0.717) is 0 Å². The van der Waals surface area contributed by atoms with Gasteiger partial charge in [-0.15, -0.1) is 11.8 Å². The molecule has 1 nitrogen and oxygen atoms in total. The molecule has 3 aromatic carbocycles. The molecule has 4 heteroatoms. The Kier molecular flexibility index (Phi) is 4.81. The third-order valence-corrected chi connectivity index (χ3v) is 6.02. The van der Waals surface area contributed by atoms with Gasteiger partial charge in [0.2, 0.25) is 0 Å². The van der Waals surface area contributed by atoms with Crippen LogP contribution < -0.4 is 0 Å². The normalized spacial score (nSPS) is 11.1. The summed E-state index contributed by atoms with van der Waals surface area (Å²) < 4.78 is 13.8. The van der Waals surface area contributed by atoms with Gasteiger partial charge in [-0.05, 0) is 42.5 Å². The summed E-state index contributed by atoms with van der Waals surface area (Å²) in [4.78, 5) is 5.84. The Hall–Kier alpha value is -2.17. The maximum Gasteiger partial charge on any atom is 0.123 e. The highest BCUT2D eigenvalue weighted by molar-refractivity contribution is 8.00. The molecule has 1 aromatic heterocycles. The average Bonchev–Trinajstić information content (AvgIpc) is 2.98. The lowest BCUT2D eigenvalue weighted by Gasteiger charge is -2.05. The van der Waals surface area contributed by atoms with Gasteiger partial charge in [0.05, 0.1) is 5.03 Å². The van der Waals surface area contributed by atoms with E-state index in [1.54, 1.807) is 29.6 Å². The number of H-pyrrole nitrogens is 1. The number of hydrogen-bond acceptors (Lipinski definition) is 2. The molecule has 0 aliphatic carbocycles. The first-order valence-electron chi connectivity index (χ1n) is 8.00. The maximum atomic E-state index is 13.8. The molecule has 0 fully saturated rings. The van der Waals surface area contributed by atoms with Gasteiger partial charge in [-0.25, -0.2) is 4.39 Å². The number of benzene rings is 3. The van der Waals surface area contributed by atoms with Crippen molar-refractivity contribution < 1.29 is 4.39 Å². The van der Waals surface area contributed by atoms with Crippen LogP contribution in [0.5, 0.6) is 0 Å². The summed E-state index contributed by atoms with van der Waals surface area (Å²) in [7, 11) is 0. The van der Waals surface area contributed by atoms with E-state index in [1.807, 2.05) is 42.5 Å². The van der Waals surface area contributed by atoms with Crippen LogP contribution in [0, 0.1) is 5.82 Å². The quantitative estimate of drug-likeness (QED) is 0.394. The predicted molar refractivity (Wildman–Crippen MR) is 105 cm³/mol. The molecular weight excluding hydrogens is 349 g/mol. The van der Waals surface area contributed by atoms with Crippen LogP contribution in [0.2, 0.25) is 0 Å². The lowest BCUT2D eigenvalue weighted by atomic mass is 10.2. The van der Waals surface area contributed by atoms with E-state index in [0.717, 1.165) is 27.2 Å². The van der Waals surface area contributed by atoms with Crippen LogP contribution in [0.15, 0.2) is 93.7 Å². The zero-order valence-corrected chi connectivity index (χ0v) is 15.0. The van der Waals surface area contributed by atoms with Crippen molar-refractivity contribution in [1.82, 2.24) is 4.98 Å². The first-order valence-corrected chi connectivity index (χ1v) is 9.81. The van der Waals surface area contributed by atoms with Crippen LogP contribution in [0.3, 0.4) is 0 Å². The topological polar surface area (TPSA) is 15.8 Å². The van der Waals surface area contributed by atoms with Crippen LogP contribution in [-0.2, 0) is 5.75 Å². The average molecular weight is 365 g/mol. The molecule has 0 saturated carbocycles. The smallest absolute Gasteiger partial charge is 0.123 e. The van der Waals surface area contributed by atoms with Crippen LogP contribution in [0.1, 0.15) is 5.56 Å². The van der Waals surface area contributed by atoms with Gasteiger partial charge in [0, 0.05) is 32.0 Å². The van der Waals surface area contributed by atoms with Crippen molar-refractivity contribution in [3.63, 3.8) is 0 Å². The molecule has 4 rings (SSSR count). The molecule has 0 aliphatic heterocycles. The molecule has 25 heavy (non-hydrogen) atoms. The summed E-state index contributed by atoms with van der Waals surface area (Å²) in [6, 6.07) is 25.5.